The molecule has 1 aliphatic heterocycles. The van der Waals surface area contributed by atoms with Gasteiger partial charge in [0.2, 0.25) is 10.0 Å². The van der Waals surface area contributed by atoms with E-state index in [4.69, 9.17) is 9.15 Å². The molecule has 2 atom stereocenters. The van der Waals surface area contributed by atoms with Gasteiger partial charge >= 0.3 is 0 Å². The van der Waals surface area contributed by atoms with Crippen LogP contribution in [0.5, 0.6) is 0 Å². The van der Waals surface area contributed by atoms with Crippen LogP contribution in [0.4, 0.5) is 0 Å². The van der Waals surface area contributed by atoms with Crippen LogP contribution >= 0.6 is 15.9 Å². The van der Waals surface area contributed by atoms with Crippen LogP contribution in [0.1, 0.15) is 13.8 Å². The monoisotopic (exact) mass is 323 g/mol. The third kappa shape index (κ3) is 2.73. The molecule has 0 aliphatic carbocycles. The van der Waals surface area contributed by atoms with Crippen molar-refractivity contribution in [3.63, 3.8) is 0 Å². The van der Waals surface area contributed by atoms with Crippen LogP contribution in [0.25, 0.3) is 0 Å². The van der Waals surface area contributed by atoms with Crippen molar-refractivity contribution in [3.8, 4) is 0 Å². The summed E-state index contributed by atoms with van der Waals surface area (Å²) in [5.74, 6) is 0. The van der Waals surface area contributed by atoms with E-state index in [9.17, 15) is 8.42 Å². The largest absolute Gasteiger partial charge is 0.456 e. The fourth-order valence-electron chi connectivity index (χ4n) is 1.91. The number of ether oxygens (including phenoxy) is 1. The van der Waals surface area contributed by atoms with Crippen molar-refractivity contribution in [2.45, 2.75) is 31.0 Å². The molecule has 0 spiro atoms. The molecule has 1 aliphatic rings. The van der Waals surface area contributed by atoms with Crippen LogP contribution < -0.4 is 0 Å². The van der Waals surface area contributed by atoms with Gasteiger partial charge < -0.3 is 9.15 Å². The second-order valence-electron chi connectivity index (χ2n) is 4.17. The highest BCUT2D eigenvalue weighted by molar-refractivity contribution is 9.10. The van der Waals surface area contributed by atoms with Crippen molar-refractivity contribution in [2.75, 3.05) is 13.1 Å². The van der Waals surface area contributed by atoms with Gasteiger partial charge in [-0.15, -0.1) is 0 Å². The van der Waals surface area contributed by atoms with Crippen molar-refractivity contribution >= 4 is 26.0 Å². The van der Waals surface area contributed by atoms with Gasteiger partial charge in [-0.05, 0) is 29.8 Å². The van der Waals surface area contributed by atoms with Gasteiger partial charge in [-0.1, -0.05) is 0 Å². The minimum atomic E-state index is -3.48. The summed E-state index contributed by atoms with van der Waals surface area (Å²) in [6.45, 7) is 4.47. The zero-order chi connectivity index (χ0) is 12.6. The summed E-state index contributed by atoms with van der Waals surface area (Å²) >= 11 is 3.10. The molecule has 7 heteroatoms. The van der Waals surface area contributed by atoms with Gasteiger partial charge in [0.25, 0.3) is 0 Å². The highest BCUT2D eigenvalue weighted by atomic mass is 79.9. The summed E-state index contributed by atoms with van der Waals surface area (Å²) in [5.41, 5.74) is 0. The number of hydrogen-bond acceptors (Lipinski definition) is 4. The fraction of sp³-hybridized carbons (Fsp3) is 0.600. The second-order valence-corrected chi connectivity index (χ2v) is 6.89. The van der Waals surface area contributed by atoms with Crippen molar-refractivity contribution in [3.05, 3.63) is 17.0 Å². The first kappa shape index (κ1) is 13.1. The molecule has 0 radical (unpaired) electrons. The molecule has 0 unspecified atom stereocenters. The quantitative estimate of drug-likeness (QED) is 0.833. The Hall–Kier alpha value is -0.370. The molecule has 1 fully saturated rings. The van der Waals surface area contributed by atoms with E-state index < -0.39 is 10.0 Å². The lowest BCUT2D eigenvalue weighted by Crippen LogP contribution is -2.47. The maximum absolute atomic E-state index is 12.3. The molecular weight excluding hydrogens is 310 g/mol. The van der Waals surface area contributed by atoms with Crippen LogP contribution in [0.15, 0.2) is 26.3 Å². The third-order valence-electron chi connectivity index (χ3n) is 2.57. The molecule has 0 bridgehead atoms. The SMILES string of the molecule is C[C@@H]1CN(S(=O)(=O)c2coc(Br)c2)C[C@H](C)O1. The summed E-state index contributed by atoms with van der Waals surface area (Å²) < 4.78 is 36.9. The summed E-state index contributed by atoms with van der Waals surface area (Å²) in [6, 6.07) is 1.46. The molecule has 17 heavy (non-hydrogen) atoms. The Labute approximate surface area is 109 Å². The molecule has 96 valence electrons. The molecule has 0 aromatic carbocycles. The molecule has 0 N–H and O–H groups in total. The van der Waals surface area contributed by atoms with Crippen molar-refractivity contribution in [1.29, 1.82) is 0 Å². The normalized spacial score (nSPS) is 27.2. The van der Waals surface area contributed by atoms with E-state index in [2.05, 4.69) is 15.9 Å². The average Bonchev–Trinajstić information content (AvgIpc) is 2.64. The van der Waals surface area contributed by atoms with Crippen LogP contribution in [0.2, 0.25) is 0 Å². The molecule has 5 nitrogen and oxygen atoms in total. The lowest BCUT2D eigenvalue weighted by atomic mass is 10.3. The van der Waals surface area contributed by atoms with E-state index in [0.717, 1.165) is 0 Å². The molecule has 1 aromatic heterocycles. The number of nitrogens with zero attached hydrogens (tertiary/aromatic N) is 1. The summed E-state index contributed by atoms with van der Waals surface area (Å²) in [5, 5.41) is 0. The number of halogens is 1. The van der Waals surface area contributed by atoms with Gasteiger partial charge in [-0.25, -0.2) is 8.42 Å². The first-order chi connectivity index (χ1) is 7.89. The highest BCUT2D eigenvalue weighted by Crippen LogP contribution is 2.24. The first-order valence-corrected chi connectivity index (χ1v) is 7.52. The van der Waals surface area contributed by atoms with Gasteiger partial charge in [0.15, 0.2) is 4.67 Å². The molecule has 2 rings (SSSR count). The van der Waals surface area contributed by atoms with E-state index in [-0.39, 0.29) is 17.1 Å². The van der Waals surface area contributed by atoms with Gasteiger partial charge in [0.1, 0.15) is 11.2 Å². The Kier molecular flexibility index (Phi) is 3.63. The standard InChI is InChI=1S/C10H14BrNO4S/c1-7-4-12(5-8(2)16-7)17(13,14)9-3-10(11)15-6-9/h3,6-8H,4-5H2,1-2H3/t7-,8+. The van der Waals surface area contributed by atoms with Gasteiger partial charge in [0.05, 0.1) is 12.2 Å². The van der Waals surface area contributed by atoms with Gasteiger partial charge in [-0.2, -0.15) is 4.31 Å². The number of hydrogen-bond donors (Lipinski definition) is 0. The minimum absolute atomic E-state index is 0.0936. The van der Waals surface area contributed by atoms with E-state index in [1.165, 1.54) is 16.6 Å². The topological polar surface area (TPSA) is 59.8 Å². The van der Waals surface area contributed by atoms with Crippen LogP contribution in [-0.2, 0) is 14.8 Å². The van der Waals surface area contributed by atoms with Crippen LogP contribution in [0.3, 0.4) is 0 Å². The third-order valence-corrected chi connectivity index (χ3v) is 4.77. The Bertz CT molecular complexity index is 488. The maximum Gasteiger partial charge on any atom is 0.246 e. The van der Waals surface area contributed by atoms with E-state index in [1.807, 2.05) is 13.8 Å². The molecule has 0 amide bonds. The Morgan fingerprint density at radius 1 is 1.35 bits per heavy atom. The van der Waals surface area contributed by atoms with Crippen LogP contribution in [-0.4, -0.2) is 38.0 Å². The van der Waals surface area contributed by atoms with Gasteiger partial charge in [-0.3, -0.25) is 0 Å². The summed E-state index contributed by atoms with van der Waals surface area (Å²) in [6.07, 6.45) is 1.05. The minimum Gasteiger partial charge on any atom is -0.456 e. The molecule has 1 saturated heterocycles. The number of rotatable bonds is 2. The Balaban J connectivity index is 2.26. The predicted molar refractivity (Wildman–Crippen MR) is 65.2 cm³/mol. The average molecular weight is 324 g/mol. The lowest BCUT2D eigenvalue weighted by Gasteiger charge is -2.34. The van der Waals surface area contributed by atoms with Gasteiger partial charge in [0, 0.05) is 19.2 Å². The van der Waals surface area contributed by atoms with E-state index >= 15 is 0 Å². The van der Waals surface area contributed by atoms with Crippen LogP contribution in [0, 0.1) is 0 Å². The Morgan fingerprint density at radius 3 is 2.41 bits per heavy atom. The van der Waals surface area contributed by atoms with E-state index in [0.29, 0.717) is 17.8 Å². The van der Waals surface area contributed by atoms with Crippen molar-refractivity contribution < 1.29 is 17.6 Å². The number of furan rings is 1. The molecule has 1 aromatic rings. The first-order valence-electron chi connectivity index (χ1n) is 5.29. The molecule has 2 heterocycles. The van der Waals surface area contributed by atoms with Crippen molar-refractivity contribution in [1.82, 2.24) is 4.31 Å². The Morgan fingerprint density at radius 2 is 1.94 bits per heavy atom. The summed E-state index contributed by atoms with van der Waals surface area (Å²) in [7, 11) is -3.48. The highest BCUT2D eigenvalue weighted by Gasteiger charge is 2.33. The molecule has 0 saturated carbocycles. The van der Waals surface area contributed by atoms with E-state index in [1.54, 1.807) is 0 Å². The lowest BCUT2D eigenvalue weighted by molar-refractivity contribution is -0.0440. The fourth-order valence-corrected chi connectivity index (χ4v) is 3.93. The zero-order valence-corrected chi connectivity index (χ0v) is 12.0. The molecular formula is C10H14BrNO4S. The summed E-state index contributed by atoms with van der Waals surface area (Å²) in [4.78, 5) is 0.172. The zero-order valence-electron chi connectivity index (χ0n) is 9.59. The number of sulfonamides is 1. The maximum atomic E-state index is 12.3. The number of morpholine rings is 1. The van der Waals surface area contributed by atoms with Crippen molar-refractivity contribution in [2.24, 2.45) is 0 Å². The second kappa shape index (κ2) is 4.72. The predicted octanol–water partition coefficient (Wildman–Crippen LogP) is 1.84. The smallest absolute Gasteiger partial charge is 0.246 e.